The number of allylic oxidation sites excluding steroid dienone is 1. The Kier molecular flexibility index (Phi) is 5.90. The van der Waals surface area contributed by atoms with Gasteiger partial charge in [0.15, 0.2) is 5.78 Å². The average Bonchev–Trinajstić information content (AvgIpc) is 2.12. The zero-order valence-electron chi connectivity index (χ0n) is 7.91. The fourth-order valence-corrected chi connectivity index (χ4v) is 0.584. The molecule has 0 aliphatic carbocycles. The Morgan fingerprint density at radius 3 is 2.64 bits per heavy atom. The SMILES string of the molecule is C=C(C)C(=O)CC(=O)OCCN=C=O. The highest BCUT2D eigenvalue weighted by Crippen LogP contribution is 1.97. The molecule has 0 N–H and O–H groups in total. The van der Waals surface area contributed by atoms with Crippen LogP contribution in [-0.2, 0) is 19.1 Å². The molecule has 0 aromatic rings. The molecule has 0 atom stereocenters. The van der Waals surface area contributed by atoms with Gasteiger partial charge in [0, 0.05) is 0 Å². The van der Waals surface area contributed by atoms with Gasteiger partial charge in [-0.15, -0.1) is 0 Å². The van der Waals surface area contributed by atoms with Gasteiger partial charge in [-0.2, -0.15) is 0 Å². The van der Waals surface area contributed by atoms with Crippen molar-refractivity contribution in [1.82, 2.24) is 0 Å². The van der Waals surface area contributed by atoms with Crippen LogP contribution in [0.1, 0.15) is 13.3 Å². The second-order valence-electron chi connectivity index (χ2n) is 2.57. The zero-order valence-corrected chi connectivity index (χ0v) is 7.91. The molecule has 0 saturated heterocycles. The molecule has 0 aromatic heterocycles. The van der Waals surface area contributed by atoms with E-state index in [1.807, 2.05) is 0 Å². The highest BCUT2D eigenvalue weighted by Gasteiger charge is 2.10. The van der Waals surface area contributed by atoms with E-state index in [1.165, 1.54) is 13.0 Å². The van der Waals surface area contributed by atoms with E-state index in [0.717, 1.165) is 0 Å². The van der Waals surface area contributed by atoms with Crippen molar-refractivity contribution in [2.24, 2.45) is 4.99 Å². The number of isocyanates is 1. The lowest BCUT2D eigenvalue weighted by Crippen LogP contribution is -2.13. The molecular formula is C9H11NO4. The van der Waals surface area contributed by atoms with Crippen LogP contribution in [0.2, 0.25) is 0 Å². The minimum atomic E-state index is -0.640. The molecule has 0 spiro atoms. The molecule has 0 heterocycles. The molecule has 0 fully saturated rings. The number of esters is 1. The highest BCUT2D eigenvalue weighted by atomic mass is 16.5. The predicted octanol–water partition coefficient (Wildman–Crippen LogP) is 0.401. The van der Waals surface area contributed by atoms with E-state index in [0.29, 0.717) is 5.57 Å². The Hall–Kier alpha value is -1.74. The number of carbonyl (C=O) groups is 2. The molecule has 0 aromatic carbocycles. The molecule has 0 saturated carbocycles. The number of carbonyl (C=O) groups excluding carboxylic acids is 3. The van der Waals surface area contributed by atoms with Gasteiger partial charge < -0.3 is 4.74 Å². The molecule has 0 bridgehead atoms. The van der Waals surface area contributed by atoms with Gasteiger partial charge in [-0.1, -0.05) is 6.58 Å². The Morgan fingerprint density at radius 2 is 2.14 bits per heavy atom. The van der Waals surface area contributed by atoms with E-state index in [2.05, 4.69) is 16.3 Å². The molecule has 0 aliphatic heterocycles. The second-order valence-corrected chi connectivity index (χ2v) is 2.57. The van der Waals surface area contributed by atoms with Gasteiger partial charge in [-0.25, -0.2) is 9.79 Å². The van der Waals surface area contributed by atoms with E-state index in [1.54, 1.807) is 0 Å². The van der Waals surface area contributed by atoms with E-state index < -0.39 is 5.97 Å². The Morgan fingerprint density at radius 1 is 1.50 bits per heavy atom. The zero-order chi connectivity index (χ0) is 11.0. The topological polar surface area (TPSA) is 72.8 Å². The van der Waals surface area contributed by atoms with Crippen molar-refractivity contribution in [3.63, 3.8) is 0 Å². The third-order valence-electron chi connectivity index (χ3n) is 1.31. The van der Waals surface area contributed by atoms with Crippen molar-refractivity contribution in [2.45, 2.75) is 13.3 Å². The fourth-order valence-electron chi connectivity index (χ4n) is 0.584. The molecule has 0 unspecified atom stereocenters. The van der Waals surface area contributed by atoms with Crippen LogP contribution < -0.4 is 0 Å². The fraction of sp³-hybridized carbons (Fsp3) is 0.444. The maximum absolute atomic E-state index is 11.0. The van der Waals surface area contributed by atoms with Crippen LogP contribution >= 0.6 is 0 Å². The largest absolute Gasteiger partial charge is 0.463 e. The van der Waals surface area contributed by atoms with Gasteiger partial charge in [-0.05, 0) is 12.5 Å². The maximum Gasteiger partial charge on any atom is 0.313 e. The van der Waals surface area contributed by atoms with Crippen molar-refractivity contribution in [3.05, 3.63) is 12.2 Å². The maximum atomic E-state index is 11.0. The molecule has 76 valence electrons. The summed E-state index contributed by atoms with van der Waals surface area (Å²) < 4.78 is 4.59. The third kappa shape index (κ3) is 5.85. The summed E-state index contributed by atoms with van der Waals surface area (Å²) in [4.78, 5) is 34.6. The lowest BCUT2D eigenvalue weighted by molar-refractivity contribution is -0.145. The monoisotopic (exact) mass is 197 g/mol. The van der Waals surface area contributed by atoms with E-state index in [-0.39, 0.29) is 25.4 Å². The standard InChI is InChI=1S/C9H11NO4/c1-7(2)8(12)5-9(13)14-4-3-10-6-11/h1,3-5H2,2H3. The smallest absolute Gasteiger partial charge is 0.313 e. The van der Waals surface area contributed by atoms with E-state index in [9.17, 15) is 14.4 Å². The van der Waals surface area contributed by atoms with Gasteiger partial charge in [0.1, 0.15) is 13.0 Å². The van der Waals surface area contributed by atoms with E-state index >= 15 is 0 Å². The number of ether oxygens (including phenoxy) is 1. The first kappa shape index (κ1) is 12.3. The quantitative estimate of drug-likeness (QED) is 0.154. The van der Waals surface area contributed by atoms with Crippen LogP contribution in [0.15, 0.2) is 17.1 Å². The third-order valence-corrected chi connectivity index (χ3v) is 1.31. The summed E-state index contributed by atoms with van der Waals surface area (Å²) in [7, 11) is 0. The van der Waals surface area contributed by atoms with Crippen molar-refractivity contribution < 1.29 is 19.1 Å². The van der Waals surface area contributed by atoms with Crippen molar-refractivity contribution in [1.29, 1.82) is 0 Å². The lowest BCUT2D eigenvalue weighted by atomic mass is 10.2. The van der Waals surface area contributed by atoms with Crippen LogP contribution in [0, 0.1) is 0 Å². The van der Waals surface area contributed by atoms with Crippen LogP contribution in [0.25, 0.3) is 0 Å². The normalized spacial score (nSPS) is 8.64. The summed E-state index contributed by atoms with van der Waals surface area (Å²) in [6.45, 7) is 4.96. The van der Waals surface area contributed by atoms with Gasteiger partial charge >= 0.3 is 5.97 Å². The van der Waals surface area contributed by atoms with Crippen LogP contribution in [0.5, 0.6) is 0 Å². The van der Waals surface area contributed by atoms with Gasteiger partial charge in [0.05, 0.1) is 6.54 Å². The summed E-state index contributed by atoms with van der Waals surface area (Å²) >= 11 is 0. The number of Topliss-reactive ketones (excluding diaryl/α,β-unsaturated/α-hetero) is 1. The molecule has 0 amide bonds. The molecule has 0 aliphatic rings. The number of rotatable bonds is 6. The summed E-state index contributed by atoms with van der Waals surface area (Å²) in [6.07, 6.45) is 0.984. The first-order valence-corrected chi connectivity index (χ1v) is 3.96. The minimum absolute atomic E-state index is 0.0163. The van der Waals surface area contributed by atoms with Crippen LogP contribution in [0.4, 0.5) is 0 Å². The number of hydrogen-bond donors (Lipinski definition) is 0. The van der Waals surface area contributed by atoms with Crippen molar-refractivity contribution in [2.75, 3.05) is 13.2 Å². The molecular weight excluding hydrogens is 186 g/mol. The Bertz CT molecular complexity index is 289. The first-order valence-electron chi connectivity index (χ1n) is 3.96. The van der Waals surface area contributed by atoms with Crippen molar-refractivity contribution >= 4 is 17.8 Å². The molecule has 5 heteroatoms. The van der Waals surface area contributed by atoms with Crippen molar-refractivity contribution in [3.8, 4) is 0 Å². The number of nitrogens with zero attached hydrogens (tertiary/aromatic N) is 1. The number of aliphatic imine (C=N–C) groups is 1. The van der Waals surface area contributed by atoms with Gasteiger partial charge in [-0.3, -0.25) is 9.59 Å². The molecule has 14 heavy (non-hydrogen) atoms. The number of hydrogen-bond acceptors (Lipinski definition) is 5. The van der Waals surface area contributed by atoms with Gasteiger partial charge in [0.25, 0.3) is 0 Å². The molecule has 5 nitrogen and oxygen atoms in total. The molecule has 0 radical (unpaired) electrons. The second kappa shape index (κ2) is 6.74. The molecule has 0 rings (SSSR count). The first-order chi connectivity index (χ1) is 6.57. The average molecular weight is 197 g/mol. The minimum Gasteiger partial charge on any atom is -0.463 e. The lowest BCUT2D eigenvalue weighted by Gasteiger charge is -2.01. The van der Waals surface area contributed by atoms with E-state index in [4.69, 9.17) is 0 Å². The summed E-state index contributed by atoms with van der Waals surface area (Å²) in [5, 5.41) is 0. The summed E-state index contributed by atoms with van der Waals surface area (Å²) in [6, 6.07) is 0. The van der Waals surface area contributed by atoms with Gasteiger partial charge in [0.2, 0.25) is 6.08 Å². The summed E-state index contributed by atoms with van der Waals surface area (Å²) in [5.74, 6) is -0.993. The summed E-state index contributed by atoms with van der Waals surface area (Å²) in [5.41, 5.74) is 0.313. The highest BCUT2D eigenvalue weighted by molar-refractivity contribution is 6.04. The number of ketones is 1. The van der Waals surface area contributed by atoms with Crippen LogP contribution in [0.3, 0.4) is 0 Å². The Labute approximate surface area is 81.5 Å². The Balaban J connectivity index is 3.71. The predicted molar refractivity (Wildman–Crippen MR) is 48.4 cm³/mol. The van der Waals surface area contributed by atoms with Crippen LogP contribution in [-0.4, -0.2) is 31.0 Å².